The van der Waals surface area contributed by atoms with Gasteiger partial charge in [0.05, 0.1) is 0 Å². The van der Waals surface area contributed by atoms with Gasteiger partial charge in [0, 0.05) is 29.2 Å². The first-order chi connectivity index (χ1) is 14.2. The van der Waals surface area contributed by atoms with E-state index in [2.05, 4.69) is 5.32 Å². The third-order valence-corrected chi connectivity index (χ3v) is 5.49. The highest BCUT2D eigenvalue weighted by Crippen LogP contribution is 2.20. The molecule has 2 aromatic carbocycles. The second-order valence-corrected chi connectivity index (χ2v) is 9.39. The normalized spacial score (nSPS) is 12.3. The van der Waals surface area contributed by atoms with Crippen LogP contribution in [0.3, 0.4) is 0 Å². The Labute approximate surface area is 183 Å². The van der Waals surface area contributed by atoms with Crippen molar-refractivity contribution in [1.82, 2.24) is 10.2 Å². The Balaban J connectivity index is 2.14. The molecule has 1 atom stereocenters. The van der Waals surface area contributed by atoms with Gasteiger partial charge in [-0.1, -0.05) is 37.3 Å². The van der Waals surface area contributed by atoms with Crippen molar-refractivity contribution in [2.45, 2.75) is 63.6 Å². The standard InChI is InChI=1S/C24H31FN2O2S/c1-5-21(23(29)26-24(2,3)4)27(17-18-11-13-19(25)14-12-18)22(28)15-16-30-20-9-7-6-8-10-20/h6-14,21H,5,15-17H2,1-4H3,(H,26,29)/t21-/m0/s1. The molecule has 0 radical (unpaired) electrons. The zero-order valence-corrected chi connectivity index (χ0v) is 19.0. The molecule has 2 aromatic rings. The van der Waals surface area contributed by atoms with Gasteiger partial charge in [0.1, 0.15) is 11.9 Å². The Morgan fingerprint density at radius 1 is 1.07 bits per heavy atom. The number of amides is 2. The van der Waals surface area contributed by atoms with Gasteiger partial charge in [-0.25, -0.2) is 4.39 Å². The molecule has 2 rings (SSSR count). The van der Waals surface area contributed by atoms with Gasteiger partial charge >= 0.3 is 0 Å². The van der Waals surface area contributed by atoms with Crippen molar-refractivity contribution in [3.63, 3.8) is 0 Å². The number of nitrogens with one attached hydrogen (secondary N) is 1. The second-order valence-electron chi connectivity index (χ2n) is 8.22. The van der Waals surface area contributed by atoms with E-state index in [1.165, 1.54) is 12.1 Å². The van der Waals surface area contributed by atoms with E-state index in [0.717, 1.165) is 10.5 Å². The van der Waals surface area contributed by atoms with E-state index in [4.69, 9.17) is 0 Å². The number of hydrogen-bond donors (Lipinski definition) is 1. The van der Waals surface area contributed by atoms with Gasteiger partial charge in [-0.15, -0.1) is 11.8 Å². The molecular weight excluding hydrogens is 399 g/mol. The zero-order chi connectivity index (χ0) is 22.1. The van der Waals surface area contributed by atoms with Crippen LogP contribution in [0.25, 0.3) is 0 Å². The van der Waals surface area contributed by atoms with Crippen molar-refractivity contribution in [2.75, 3.05) is 5.75 Å². The highest BCUT2D eigenvalue weighted by Gasteiger charge is 2.30. The van der Waals surface area contributed by atoms with Crippen molar-refractivity contribution in [3.8, 4) is 0 Å². The van der Waals surface area contributed by atoms with Crippen molar-refractivity contribution in [1.29, 1.82) is 0 Å². The van der Waals surface area contributed by atoms with Gasteiger partial charge < -0.3 is 10.2 Å². The minimum absolute atomic E-state index is 0.0846. The number of nitrogens with zero attached hydrogens (tertiary/aromatic N) is 1. The molecule has 30 heavy (non-hydrogen) atoms. The van der Waals surface area contributed by atoms with Crippen LogP contribution in [0, 0.1) is 5.82 Å². The molecule has 0 unspecified atom stereocenters. The second kappa shape index (κ2) is 11.2. The predicted octanol–water partition coefficient (Wildman–Crippen LogP) is 5.03. The fourth-order valence-electron chi connectivity index (χ4n) is 3.08. The van der Waals surface area contributed by atoms with Crippen molar-refractivity contribution < 1.29 is 14.0 Å². The molecule has 0 aliphatic carbocycles. The Morgan fingerprint density at radius 3 is 2.27 bits per heavy atom. The molecule has 0 saturated heterocycles. The molecule has 2 amide bonds. The summed E-state index contributed by atoms with van der Waals surface area (Å²) in [5, 5.41) is 2.98. The lowest BCUT2D eigenvalue weighted by molar-refractivity contribution is -0.141. The topological polar surface area (TPSA) is 49.4 Å². The molecule has 0 bridgehead atoms. The highest BCUT2D eigenvalue weighted by molar-refractivity contribution is 7.99. The van der Waals surface area contributed by atoms with Crippen LogP contribution >= 0.6 is 11.8 Å². The first-order valence-corrected chi connectivity index (χ1v) is 11.2. The number of benzene rings is 2. The minimum atomic E-state index is -0.580. The summed E-state index contributed by atoms with van der Waals surface area (Å²) in [5.41, 5.74) is 0.403. The molecule has 0 saturated carbocycles. The van der Waals surface area contributed by atoms with Crippen molar-refractivity contribution >= 4 is 23.6 Å². The van der Waals surface area contributed by atoms with Crippen LogP contribution in [-0.4, -0.2) is 34.0 Å². The molecule has 6 heteroatoms. The van der Waals surface area contributed by atoms with Crippen LogP contribution in [0.1, 0.15) is 46.1 Å². The Morgan fingerprint density at radius 2 is 1.70 bits per heavy atom. The molecule has 4 nitrogen and oxygen atoms in total. The Kier molecular flexibility index (Phi) is 8.90. The smallest absolute Gasteiger partial charge is 0.243 e. The summed E-state index contributed by atoms with van der Waals surface area (Å²) in [6, 6.07) is 15.4. The largest absolute Gasteiger partial charge is 0.350 e. The highest BCUT2D eigenvalue weighted by atomic mass is 32.2. The van der Waals surface area contributed by atoms with Gasteiger partial charge in [0.2, 0.25) is 11.8 Å². The number of hydrogen-bond acceptors (Lipinski definition) is 3. The van der Waals surface area contributed by atoms with Gasteiger partial charge in [0.15, 0.2) is 0 Å². The van der Waals surface area contributed by atoms with E-state index in [1.807, 2.05) is 58.0 Å². The average molecular weight is 431 g/mol. The van der Waals surface area contributed by atoms with Crippen LogP contribution in [0.15, 0.2) is 59.5 Å². The fraction of sp³-hybridized carbons (Fsp3) is 0.417. The number of carbonyl (C=O) groups excluding carboxylic acids is 2. The lowest BCUT2D eigenvalue weighted by Gasteiger charge is -2.33. The maximum atomic E-state index is 13.3. The first kappa shape index (κ1) is 23.9. The maximum Gasteiger partial charge on any atom is 0.243 e. The van der Waals surface area contributed by atoms with Crippen molar-refractivity contribution in [3.05, 3.63) is 66.0 Å². The van der Waals surface area contributed by atoms with Gasteiger partial charge in [0.25, 0.3) is 0 Å². The lowest BCUT2D eigenvalue weighted by Crippen LogP contribution is -2.53. The van der Waals surface area contributed by atoms with Gasteiger partial charge in [-0.05, 0) is 57.0 Å². The lowest BCUT2D eigenvalue weighted by atomic mass is 10.1. The third kappa shape index (κ3) is 7.82. The number of carbonyl (C=O) groups is 2. The van der Waals surface area contributed by atoms with E-state index in [0.29, 0.717) is 18.6 Å². The molecule has 0 fully saturated rings. The summed E-state index contributed by atoms with van der Waals surface area (Å²) in [6.45, 7) is 7.92. The fourth-order valence-corrected chi connectivity index (χ4v) is 3.94. The summed E-state index contributed by atoms with van der Waals surface area (Å²) in [6.07, 6.45) is 0.820. The van der Waals surface area contributed by atoms with E-state index in [-0.39, 0.29) is 24.2 Å². The molecule has 0 aromatic heterocycles. The van der Waals surface area contributed by atoms with Crippen LogP contribution < -0.4 is 5.32 Å². The molecule has 0 aliphatic heterocycles. The quantitative estimate of drug-likeness (QED) is 0.568. The van der Waals surface area contributed by atoms with E-state index < -0.39 is 11.6 Å². The molecular formula is C24H31FN2O2S. The molecule has 1 N–H and O–H groups in total. The summed E-state index contributed by atoms with van der Waals surface area (Å²) in [4.78, 5) is 28.8. The molecule has 162 valence electrons. The van der Waals surface area contributed by atoms with Crippen LogP contribution in [0.2, 0.25) is 0 Å². The Bertz CT molecular complexity index is 819. The number of thioether (sulfide) groups is 1. The van der Waals surface area contributed by atoms with Crippen molar-refractivity contribution in [2.24, 2.45) is 0 Å². The monoisotopic (exact) mass is 430 g/mol. The van der Waals surface area contributed by atoms with Crippen LogP contribution in [-0.2, 0) is 16.1 Å². The summed E-state index contributed by atoms with van der Waals surface area (Å²) < 4.78 is 13.3. The zero-order valence-electron chi connectivity index (χ0n) is 18.2. The summed E-state index contributed by atoms with van der Waals surface area (Å²) in [7, 11) is 0. The van der Waals surface area contributed by atoms with E-state index >= 15 is 0 Å². The first-order valence-electron chi connectivity index (χ1n) is 10.2. The average Bonchev–Trinajstić information content (AvgIpc) is 2.68. The minimum Gasteiger partial charge on any atom is -0.350 e. The molecule has 0 spiro atoms. The number of halogens is 1. The maximum absolute atomic E-state index is 13.3. The van der Waals surface area contributed by atoms with E-state index in [9.17, 15) is 14.0 Å². The van der Waals surface area contributed by atoms with Crippen LogP contribution in [0.4, 0.5) is 4.39 Å². The van der Waals surface area contributed by atoms with Crippen LogP contribution in [0.5, 0.6) is 0 Å². The Hall–Kier alpha value is -2.34. The SMILES string of the molecule is CC[C@@H](C(=O)NC(C)(C)C)N(Cc1ccc(F)cc1)C(=O)CCSc1ccccc1. The van der Waals surface area contributed by atoms with Gasteiger partial charge in [-0.3, -0.25) is 9.59 Å². The number of rotatable bonds is 9. The predicted molar refractivity (Wildman–Crippen MR) is 121 cm³/mol. The van der Waals surface area contributed by atoms with Gasteiger partial charge in [-0.2, -0.15) is 0 Å². The summed E-state index contributed by atoms with van der Waals surface area (Å²) >= 11 is 1.61. The molecule has 0 heterocycles. The molecule has 0 aliphatic rings. The summed E-state index contributed by atoms with van der Waals surface area (Å²) in [5.74, 6) is 0.0448. The third-order valence-electron chi connectivity index (χ3n) is 4.48. The van der Waals surface area contributed by atoms with E-state index in [1.54, 1.807) is 28.8 Å².